The van der Waals surface area contributed by atoms with Gasteiger partial charge >= 0.3 is 261 Å². The molecule has 0 aliphatic carbocycles. The molecule has 0 N–H and O–H groups in total. The summed E-state index contributed by atoms with van der Waals surface area (Å²) in [5.41, 5.74) is 0. The van der Waals surface area contributed by atoms with Gasteiger partial charge in [-0.05, 0) is 0 Å². The summed E-state index contributed by atoms with van der Waals surface area (Å²) >= 11 is -2.91. The summed E-state index contributed by atoms with van der Waals surface area (Å²) in [6.45, 7) is 21.7. The van der Waals surface area contributed by atoms with Crippen LogP contribution in [0.5, 0.6) is 0 Å². The van der Waals surface area contributed by atoms with Crippen molar-refractivity contribution < 1.29 is 0 Å². The Morgan fingerprint density at radius 1 is 0.317 bits per heavy atom. The van der Waals surface area contributed by atoms with E-state index in [-0.39, 0.29) is 0 Å². The summed E-state index contributed by atoms with van der Waals surface area (Å²) in [7, 11) is -6.63. The van der Waals surface area contributed by atoms with Gasteiger partial charge in [-0.15, -0.1) is 0 Å². The van der Waals surface area contributed by atoms with Crippen molar-refractivity contribution in [3.63, 3.8) is 0 Å². The minimum absolute atomic E-state index is 1.57. The van der Waals surface area contributed by atoms with E-state index in [2.05, 4.69) is 174 Å². The van der Waals surface area contributed by atoms with Gasteiger partial charge in [0, 0.05) is 0 Å². The fourth-order valence-corrected chi connectivity index (χ4v) is 114. The quantitative estimate of drug-likeness (QED) is 0.130. The van der Waals surface area contributed by atoms with Crippen LogP contribution >= 0.6 is 0 Å². The van der Waals surface area contributed by atoms with Crippen molar-refractivity contribution in [3.8, 4) is 0 Å². The summed E-state index contributed by atoms with van der Waals surface area (Å²) in [5.74, 6) is 0. The Balaban J connectivity index is 1.90. The predicted octanol–water partition coefficient (Wildman–Crippen LogP) is 8.05. The van der Waals surface area contributed by atoms with Gasteiger partial charge in [-0.3, -0.25) is 0 Å². The van der Waals surface area contributed by atoms with Crippen LogP contribution < -0.4 is 20.7 Å². The van der Waals surface area contributed by atoms with Crippen LogP contribution in [0.3, 0.4) is 0 Å². The van der Waals surface area contributed by atoms with Crippen molar-refractivity contribution in [3.05, 3.63) is 121 Å². The van der Waals surface area contributed by atoms with Gasteiger partial charge in [0.2, 0.25) is 0 Å². The van der Waals surface area contributed by atoms with Gasteiger partial charge in [0.15, 0.2) is 0 Å². The zero-order chi connectivity index (χ0) is 29.8. The Morgan fingerprint density at radius 2 is 0.488 bits per heavy atom. The maximum absolute atomic E-state index is 2.91. The first-order valence-corrected chi connectivity index (χ1v) is 36.4. The van der Waals surface area contributed by atoms with Crippen molar-refractivity contribution in [1.82, 2.24) is 0 Å². The summed E-state index contributed by atoms with van der Waals surface area (Å²) in [5, 5.41) is 6.66. The van der Waals surface area contributed by atoms with E-state index < -0.39 is 50.7 Å². The monoisotopic (exact) mass is 716 g/mol. The predicted molar refractivity (Wildman–Crippen MR) is 199 cm³/mol. The number of benzene rings is 4. The molecule has 4 aromatic carbocycles. The van der Waals surface area contributed by atoms with E-state index in [1.54, 1.807) is 37.0 Å². The summed E-state index contributed by atoms with van der Waals surface area (Å²) < 4.78 is 6.28. The molecule has 5 heteroatoms. The van der Waals surface area contributed by atoms with Gasteiger partial charge in [-0.25, -0.2) is 0 Å². The Bertz CT molecular complexity index is 1150. The molecule has 41 heavy (non-hydrogen) atoms. The number of rotatable bonds is 12. The topological polar surface area (TPSA) is 0 Å². The third kappa shape index (κ3) is 8.34. The number of hydrogen-bond acceptors (Lipinski definition) is 0. The van der Waals surface area contributed by atoms with Crippen molar-refractivity contribution in [1.29, 1.82) is 0 Å². The van der Waals surface area contributed by atoms with E-state index in [0.717, 1.165) is 0 Å². The average Bonchev–Trinajstić information content (AvgIpc) is 2.94. The zero-order valence-electron chi connectivity index (χ0n) is 26.9. The van der Waals surface area contributed by atoms with Gasteiger partial charge in [-0.1, -0.05) is 0 Å². The Kier molecular flexibility index (Phi) is 10.3. The standard InChI is InChI=1S/4C9H13Si.Sn/c4*1-10(2,3)9-7-5-4-6-8-9;/h4*4-8H,1H2,2-3H3;. The first-order chi connectivity index (χ1) is 19.2. The van der Waals surface area contributed by atoms with E-state index in [1.807, 2.05) is 0 Å². The molecular weight excluding hydrogens is 663 g/mol. The molecule has 0 aliphatic rings. The molecule has 4 rings (SSSR count). The molecule has 0 atom stereocenters. The van der Waals surface area contributed by atoms with Crippen LogP contribution in [0.25, 0.3) is 0 Å². The van der Waals surface area contributed by atoms with Crippen LogP contribution in [0.1, 0.15) is 0 Å². The van der Waals surface area contributed by atoms with E-state index in [9.17, 15) is 0 Å². The fraction of sp³-hybridized carbons (Fsp3) is 0.333. The molecule has 0 saturated carbocycles. The van der Waals surface area contributed by atoms with Gasteiger partial charge < -0.3 is 0 Å². The van der Waals surface area contributed by atoms with Crippen molar-refractivity contribution in [2.24, 2.45) is 0 Å². The molecule has 216 valence electrons. The van der Waals surface area contributed by atoms with Gasteiger partial charge in [0.05, 0.1) is 0 Å². The SMILES string of the molecule is C[Si](C)([CH2][Sn]([CH2][Si](C)(C)c1ccccc1)([CH2][Si](C)(C)c1ccccc1)[CH2][Si](C)(C)c1ccccc1)c1ccccc1. The fourth-order valence-electron chi connectivity index (χ4n) is 8.09. The minimum atomic E-state index is -2.91. The number of hydrogen-bond donors (Lipinski definition) is 0. The molecule has 0 nitrogen and oxygen atoms in total. The molecule has 0 radical (unpaired) electrons. The van der Waals surface area contributed by atoms with Crippen LogP contribution in [-0.4, -0.2) is 50.7 Å². The average molecular weight is 716 g/mol. The van der Waals surface area contributed by atoms with E-state index in [1.165, 1.54) is 0 Å². The van der Waals surface area contributed by atoms with Crippen molar-refractivity contribution >= 4 is 71.4 Å². The Hall–Kier alpha value is -1.45. The molecule has 0 unspecified atom stereocenters. The zero-order valence-corrected chi connectivity index (χ0v) is 33.7. The second kappa shape index (κ2) is 13.0. The molecule has 0 bridgehead atoms. The van der Waals surface area contributed by atoms with Crippen LogP contribution in [0, 0.1) is 0 Å². The molecule has 0 saturated heterocycles. The third-order valence-corrected chi connectivity index (χ3v) is 79.6. The molecule has 0 spiro atoms. The van der Waals surface area contributed by atoms with Crippen molar-refractivity contribution in [2.75, 3.05) is 0 Å². The van der Waals surface area contributed by atoms with Gasteiger partial charge in [0.25, 0.3) is 0 Å². The molecule has 0 aromatic heterocycles. The first-order valence-electron chi connectivity index (χ1n) is 15.5. The molecule has 0 aliphatic heterocycles. The molecule has 0 fully saturated rings. The Morgan fingerprint density at radius 3 is 0.659 bits per heavy atom. The molecule has 0 amide bonds. The first kappa shape index (κ1) is 32.5. The van der Waals surface area contributed by atoms with Crippen LogP contribution in [0.4, 0.5) is 0 Å². The molecule has 0 heterocycles. The van der Waals surface area contributed by atoms with E-state index in [0.29, 0.717) is 0 Å². The summed E-state index contributed by atoms with van der Waals surface area (Å²) in [6, 6.07) is 46.8. The maximum atomic E-state index is 2.71. The van der Waals surface area contributed by atoms with Gasteiger partial charge in [-0.2, -0.15) is 0 Å². The molecular formula is C36H52Si4Sn. The normalized spacial score (nSPS) is 13.3. The van der Waals surface area contributed by atoms with Crippen LogP contribution in [-0.2, 0) is 0 Å². The van der Waals surface area contributed by atoms with Crippen molar-refractivity contribution in [2.45, 2.75) is 68.6 Å². The Labute approximate surface area is 259 Å². The molecule has 4 aromatic rings. The third-order valence-electron chi connectivity index (χ3n) is 9.49. The van der Waals surface area contributed by atoms with E-state index in [4.69, 9.17) is 0 Å². The second-order valence-corrected chi connectivity index (χ2v) is 54.7. The van der Waals surface area contributed by atoms with Crippen LogP contribution in [0.15, 0.2) is 121 Å². The van der Waals surface area contributed by atoms with Crippen LogP contribution in [0.2, 0.25) is 68.6 Å². The van der Waals surface area contributed by atoms with Gasteiger partial charge in [0.1, 0.15) is 0 Å². The second-order valence-electron chi connectivity index (χ2n) is 15.2. The van der Waals surface area contributed by atoms with E-state index >= 15 is 0 Å². The summed E-state index contributed by atoms with van der Waals surface area (Å²) in [6.07, 6.45) is 0. The summed E-state index contributed by atoms with van der Waals surface area (Å²) in [4.78, 5) is 0.